The maximum atomic E-state index is 12.9. The average molecular weight is 388 g/mol. The molecule has 5 heteroatoms. The summed E-state index contributed by atoms with van der Waals surface area (Å²) in [6.07, 6.45) is 0.815. The molecule has 1 heterocycles. The zero-order valence-electron chi connectivity index (χ0n) is 12.8. The topological polar surface area (TPSA) is 42.2 Å². The van der Waals surface area contributed by atoms with E-state index >= 15 is 0 Å². The number of para-hydroxylation sites is 1. The monoisotopic (exact) mass is 387 g/mol. The molecular formula is C19H15BrFNO2. The zero-order chi connectivity index (χ0) is 16.9. The van der Waals surface area contributed by atoms with E-state index in [9.17, 15) is 9.18 Å². The van der Waals surface area contributed by atoms with Gasteiger partial charge in [0.1, 0.15) is 17.3 Å². The number of hydrogen-bond donors (Lipinski definition) is 1. The van der Waals surface area contributed by atoms with Crippen LogP contribution in [0.3, 0.4) is 0 Å². The molecule has 24 heavy (non-hydrogen) atoms. The molecule has 1 aromatic heterocycles. The fourth-order valence-corrected chi connectivity index (χ4v) is 2.68. The minimum Gasteiger partial charge on any atom is -0.461 e. The van der Waals surface area contributed by atoms with Gasteiger partial charge in [0, 0.05) is 22.9 Å². The van der Waals surface area contributed by atoms with Crippen LogP contribution in [0.4, 0.5) is 10.1 Å². The number of anilines is 1. The lowest BCUT2D eigenvalue weighted by molar-refractivity contribution is -0.116. The van der Waals surface area contributed by atoms with Gasteiger partial charge in [-0.3, -0.25) is 4.79 Å². The zero-order valence-corrected chi connectivity index (χ0v) is 14.3. The van der Waals surface area contributed by atoms with Crippen molar-refractivity contribution in [3.8, 4) is 11.3 Å². The van der Waals surface area contributed by atoms with Crippen LogP contribution in [0.2, 0.25) is 0 Å². The highest BCUT2D eigenvalue weighted by molar-refractivity contribution is 9.10. The Morgan fingerprint density at radius 3 is 2.54 bits per heavy atom. The Kier molecular flexibility index (Phi) is 5.11. The minimum atomic E-state index is -0.283. The van der Waals surface area contributed by atoms with E-state index in [0.717, 1.165) is 21.5 Å². The van der Waals surface area contributed by atoms with Crippen molar-refractivity contribution in [1.82, 2.24) is 0 Å². The van der Waals surface area contributed by atoms with Gasteiger partial charge in [-0.15, -0.1) is 0 Å². The van der Waals surface area contributed by atoms with Gasteiger partial charge in [0.25, 0.3) is 0 Å². The first-order valence-electron chi connectivity index (χ1n) is 7.51. The van der Waals surface area contributed by atoms with Crippen LogP contribution in [-0.2, 0) is 11.2 Å². The van der Waals surface area contributed by atoms with Crippen molar-refractivity contribution in [3.05, 3.63) is 76.7 Å². The van der Waals surface area contributed by atoms with Crippen molar-refractivity contribution >= 4 is 27.5 Å². The first-order valence-corrected chi connectivity index (χ1v) is 8.30. The summed E-state index contributed by atoms with van der Waals surface area (Å²) in [7, 11) is 0. The SMILES string of the molecule is O=C(CCc1ccc(-c2ccc(F)cc2)o1)Nc1ccccc1Br. The third-order valence-corrected chi connectivity index (χ3v) is 4.23. The average Bonchev–Trinajstić information content (AvgIpc) is 3.05. The third-order valence-electron chi connectivity index (χ3n) is 3.54. The number of nitrogens with one attached hydrogen (secondary N) is 1. The molecule has 1 N–H and O–H groups in total. The molecule has 0 fully saturated rings. The number of furan rings is 1. The highest BCUT2D eigenvalue weighted by Crippen LogP contribution is 2.24. The molecule has 0 aliphatic rings. The number of hydrogen-bond acceptors (Lipinski definition) is 2. The number of benzene rings is 2. The Balaban J connectivity index is 1.58. The first-order chi connectivity index (χ1) is 11.6. The lowest BCUT2D eigenvalue weighted by atomic mass is 10.2. The molecule has 0 spiro atoms. The molecule has 3 rings (SSSR count). The molecule has 122 valence electrons. The highest BCUT2D eigenvalue weighted by Gasteiger charge is 2.09. The molecule has 1 amide bonds. The van der Waals surface area contributed by atoms with E-state index in [1.165, 1.54) is 12.1 Å². The molecule has 3 aromatic rings. The van der Waals surface area contributed by atoms with Gasteiger partial charge in [0.05, 0.1) is 5.69 Å². The normalized spacial score (nSPS) is 10.6. The van der Waals surface area contributed by atoms with Crippen molar-refractivity contribution < 1.29 is 13.6 Å². The molecule has 0 aliphatic carbocycles. The first kappa shape index (κ1) is 16.5. The molecule has 0 radical (unpaired) electrons. The van der Waals surface area contributed by atoms with Crippen molar-refractivity contribution in [2.45, 2.75) is 12.8 Å². The number of carbonyl (C=O) groups excluding carboxylic acids is 1. The largest absolute Gasteiger partial charge is 0.461 e. The van der Waals surface area contributed by atoms with Crippen LogP contribution in [-0.4, -0.2) is 5.91 Å². The summed E-state index contributed by atoms with van der Waals surface area (Å²) in [5, 5.41) is 2.86. The van der Waals surface area contributed by atoms with E-state index in [4.69, 9.17) is 4.42 Å². The van der Waals surface area contributed by atoms with Crippen LogP contribution in [0.25, 0.3) is 11.3 Å². The lowest BCUT2D eigenvalue weighted by Crippen LogP contribution is -2.12. The Bertz CT molecular complexity index is 843. The summed E-state index contributed by atoms with van der Waals surface area (Å²) in [4.78, 5) is 12.0. The smallest absolute Gasteiger partial charge is 0.224 e. The van der Waals surface area contributed by atoms with Crippen molar-refractivity contribution in [3.63, 3.8) is 0 Å². The van der Waals surface area contributed by atoms with Gasteiger partial charge in [-0.1, -0.05) is 12.1 Å². The molecular weight excluding hydrogens is 373 g/mol. The second-order valence-corrected chi connectivity index (χ2v) is 6.16. The van der Waals surface area contributed by atoms with Crippen molar-refractivity contribution in [2.75, 3.05) is 5.32 Å². The van der Waals surface area contributed by atoms with Crippen molar-refractivity contribution in [1.29, 1.82) is 0 Å². The molecule has 0 bridgehead atoms. The Morgan fingerprint density at radius 2 is 1.79 bits per heavy atom. The maximum Gasteiger partial charge on any atom is 0.224 e. The van der Waals surface area contributed by atoms with Gasteiger partial charge in [0.15, 0.2) is 0 Å². The Morgan fingerprint density at radius 1 is 1.04 bits per heavy atom. The molecule has 0 aliphatic heterocycles. The second kappa shape index (κ2) is 7.45. The fourth-order valence-electron chi connectivity index (χ4n) is 2.29. The number of carbonyl (C=O) groups is 1. The summed E-state index contributed by atoms with van der Waals surface area (Å²) < 4.78 is 19.5. The molecule has 3 nitrogen and oxygen atoms in total. The van der Waals surface area contributed by atoms with Gasteiger partial charge < -0.3 is 9.73 Å². The van der Waals surface area contributed by atoms with Crippen LogP contribution in [0.1, 0.15) is 12.2 Å². The molecule has 0 saturated heterocycles. The van der Waals surface area contributed by atoms with Gasteiger partial charge in [0.2, 0.25) is 5.91 Å². The second-order valence-electron chi connectivity index (χ2n) is 5.30. The molecule has 0 saturated carbocycles. The Labute approximate surface area is 147 Å². The quantitative estimate of drug-likeness (QED) is 0.634. The minimum absolute atomic E-state index is 0.0818. The summed E-state index contributed by atoms with van der Waals surface area (Å²) in [6.45, 7) is 0. The number of rotatable bonds is 5. The van der Waals surface area contributed by atoms with Gasteiger partial charge >= 0.3 is 0 Å². The van der Waals surface area contributed by atoms with E-state index in [1.54, 1.807) is 12.1 Å². The number of halogens is 2. The fraction of sp³-hybridized carbons (Fsp3) is 0.105. The standard InChI is InChI=1S/C19H15BrFNO2/c20-16-3-1-2-4-17(16)22-19(23)12-10-15-9-11-18(24-15)13-5-7-14(21)8-6-13/h1-9,11H,10,12H2,(H,22,23). The van der Waals surface area contributed by atoms with Crippen LogP contribution < -0.4 is 5.32 Å². The summed E-state index contributed by atoms with van der Waals surface area (Å²) in [5.74, 6) is 1.02. The third kappa shape index (κ3) is 4.11. The van der Waals surface area contributed by atoms with E-state index in [2.05, 4.69) is 21.2 Å². The van der Waals surface area contributed by atoms with Crippen LogP contribution in [0, 0.1) is 5.82 Å². The van der Waals surface area contributed by atoms with E-state index in [-0.39, 0.29) is 11.7 Å². The summed E-state index contributed by atoms with van der Waals surface area (Å²) in [5.41, 5.74) is 1.55. The summed E-state index contributed by atoms with van der Waals surface area (Å²) in [6, 6.07) is 17.2. The molecule has 2 aromatic carbocycles. The van der Waals surface area contributed by atoms with Crippen molar-refractivity contribution in [2.24, 2.45) is 0 Å². The molecule has 0 atom stereocenters. The Hall–Kier alpha value is -2.40. The van der Waals surface area contributed by atoms with E-state index < -0.39 is 0 Å². The highest BCUT2D eigenvalue weighted by atomic mass is 79.9. The van der Waals surface area contributed by atoms with Gasteiger partial charge in [-0.2, -0.15) is 0 Å². The number of amides is 1. The van der Waals surface area contributed by atoms with E-state index in [0.29, 0.717) is 18.6 Å². The molecule has 0 unspecified atom stereocenters. The predicted octanol–water partition coefficient (Wildman–Crippen LogP) is 5.42. The van der Waals surface area contributed by atoms with Crippen LogP contribution in [0.5, 0.6) is 0 Å². The van der Waals surface area contributed by atoms with Crippen LogP contribution in [0.15, 0.2) is 69.6 Å². The summed E-state index contributed by atoms with van der Waals surface area (Å²) >= 11 is 3.40. The predicted molar refractivity (Wildman–Crippen MR) is 95.2 cm³/mol. The maximum absolute atomic E-state index is 12.9. The number of aryl methyl sites for hydroxylation is 1. The van der Waals surface area contributed by atoms with E-state index in [1.807, 2.05) is 36.4 Å². The van der Waals surface area contributed by atoms with Gasteiger partial charge in [-0.05, 0) is 64.5 Å². The van der Waals surface area contributed by atoms with Gasteiger partial charge in [-0.25, -0.2) is 4.39 Å². The van der Waals surface area contributed by atoms with Crippen LogP contribution >= 0.6 is 15.9 Å². The lowest BCUT2D eigenvalue weighted by Gasteiger charge is -2.06.